The highest BCUT2D eigenvalue weighted by Gasteiger charge is 2.42. The largest absolute Gasteiger partial charge is 0.497 e. The second-order valence-electron chi connectivity index (χ2n) is 4.97. The summed E-state index contributed by atoms with van der Waals surface area (Å²) < 4.78 is 31.8. The molecule has 106 valence electrons. The fourth-order valence-corrected chi connectivity index (χ4v) is 3.17. The van der Waals surface area contributed by atoms with Gasteiger partial charge >= 0.3 is 0 Å². The number of hydrogen-bond donors (Lipinski definition) is 2. The maximum atomic E-state index is 12.1. The van der Waals surface area contributed by atoms with E-state index in [1.807, 2.05) is 0 Å². The number of aliphatic hydroxyl groups excluding tert-OH is 1. The molecule has 1 aromatic rings. The van der Waals surface area contributed by atoms with Crippen LogP contribution in [0.3, 0.4) is 0 Å². The molecule has 1 saturated carbocycles. The topological polar surface area (TPSA) is 75.6 Å². The number of nitrogens with one attached hydrogen (secondary N) is 1. The number of hydrogen-bond acceptors (Lipinski definition) is 4. The van der Waals surface area contributed by atoms with E-state index in [1.165, 1.54) is 19.2 Å². The van der Waals surface area contributed by atoms with Crippen LogP contribution in [0, 0.1) is 5.41 Å². The zero-order valence-electron chi connectivity index (χ0n) is 10.9. The molecule has 0 amide bonds. The molecular formula is C13H19NO4S. The number of aliphatic hydroxyl groups is 1. The molecule has 0 atom stereocenters. The molecule has 0 radical (unpaired) electrons. The van der Waals surface area contributed by atoms with E-state index in [9.17, 15) is 8.42 Å². The van der Waals surface area contributed by atoms with Crippen molar-refractivity contribution in [2.75, 3.05) is 20.3 Å². The molecule has 0 unspecified atom stereocenters. The van der Waals surface area contributed by atoms with Crippen molar-refractivity contribution in [1.82, 2.24) is 4.72 Å². The van der Waals surface area contributed by atoms with Gasteiger partial charge in [-0.05, 0) is 48.9 Å². The van der Waals surface area contributed by atoms with Crippen molar-refractivity contribution in [3.05, 3.63) is 24.3 Å². The van der Waals surface area contributed by atoms with Gasteiger partial charge in [-0.1, -0.05) is 0 Å². The molecule has 0 aliphatic heterocycles. The predicted octanol–water partition coefficient (Wildman–Crippen LogP) is 1.14. The van der Waals surface area contributed by atoms with Crippen molar-refractivity contribution in [2.45, 2.75) is 24.2 Å². The lowest BCUT2D eigenvalue weighted by atomic mass is 10.0. The molecule has 2 N–H and O–H groups in total. The van der Waals surface area contributed by atoms with Crippen LogP contribution in [-0.2, 0) is 10.0 Å². The minimum Gasteiger partial charge on any atom is -0.497 e. The van der Waals surface area contributed by atoms with Crippen LogP contribution in [0.15, 0.2) is 29.2 Å². The molecule has 6 heteroatoms. The molecular weight excluding hydrogens is 266 g/mol. The van der Waals surface area contributed by atoms with Crippen LogP contribution in [0.1, 0.15) is 19.3 Å². The Labute approximate surface area is 113 Å². The number of sulfonamides is 1. The van der Waals surface area contributed by atoms with Crippen LogP contribution >= 0.6 is 0 Å². The average Bonchev–Trinajstić information content (AvgIpc) is 3.18. The van der Waals surface area contributed by atoms with Crippen molar-refractivity contribution in [2.24, 2.45) is 5.41 Å². The number of methoxy groups -OCH3 is 1. The minimum atomic E-state index is -3.48. The average molecular weight is 285 g/mol. The quantitative estimate of drug-likeness (QED) is 0.787. The molecule has 1 fully saturated rings. The SMILES string of the molecule is COc1ccc(S(=O)(=O)NCC2(CCO)CC2)cc1. The summed E-state index contributed by atoms with van der Waals surface area (Å²) in [5.74, 6) is 0.623. The van der Waals surface area contributed by atoms with Crippen molar-refractivity contribution >= 4 is 10.0 Å². The van der Waals surface area contributed by atoms with Crippen molar-refractivity contribution < 1.29 is 18.3 Å². The second kappa shape index (κ2) is 5.48. The van der Waals surface area contributed by atoms with Crippen LogP contribution in [0.4, 0.5) is 0 Å². The summed E-state index contributed by atoms with van der Waals surface area (Å²) in [4.78, 5) is 0.230. The third-order valence-corrected chi connectivity index (χ3v) is 5.02. The molecule has 5 nitrogen and oxygen atoms in total. The first-order valence-corrected chi connectivity index (χ1v) is 7.74. The van der Waals surface area contributed by atoms with E-state index in [4.69, 9.17) is 9.84 Å². The maximum absolute atomic E-state index is 12.1. The summed E-state index contributed by atoms with van der Waals surface area (Å²) in [6.07, 6.45) is 2.59. The van der Waals surface area contributed by atoms with Crippen molar-refractivity contribution in [3.8, 4) is 5.75 Å². The van der Waals surface area contributed by atoms with Crippen molar-refractivity contribution in [1.29, 1.82) is 0 Å². The van der Waals surface area contributed by atoms with E-state index in [1.54, 1.807) is 12.1 Å². The van der Waals surface area contributed by atoms with E-state index in [2.05, 4.69) is 4.72 Å². The molecule has 19 heavy (non-hydrogen) atoms. The smallest absolute Gasteiger partial charge is 0.240 e. The Balaban J connectivity index is 2.01. The molecule has 1 aromatic carbocycles. The van der Waals surface area contributed by atoms with Crippen LogP contribution in [0.5, 0.6) is 5.75 Å². The summed E-state index contributed by atoms with van der Waals surface area (Å²) in [5, 5.41) is 8.95. The monoisotopic (exact) mass is 285 g/mol. The normalized spacial score (nSPS) is 17.2. The lowest BCUT2D eigenvalue weighted by molar-refractivity contribution is 0.249. The number of benzene rings is 1. The molecule has 0 spiro atoms. The lowest BCUT2D eigenvalue weighted by Gasteiger charge is -2.14. The summed E-state index contributed by atoms with van der Waals surface area (Å²) in [6.45, 7) is 0.492. The molecule has 0 bridgehead atoms. The second-order valence-corrected chi connectivity index (χ2v) is 6.74. The van der Waals surface area contributed by atoms with Gasteiger partial charge in [0.25, 0.3) is 0 Å². The first-order chi connectivity index (χ1) is 9.01. The van der Waals surface area contributed by atoms with E-state index in [0.29, 0.717) is 18.7 Å². The van der Waals surface area contributed by atoms with Gasteiger partial charge < -0.3 is 9.84 Å². The third-order valence-electron chi connectivity index (χ3n) is 3.61. The van der Waals surface area contributed by atoms with Gasteiger partial charge in [0.1, 0.15) is 5.75 Å². The molecule has 0 saturated heterocycles. The zero-order valence-corrected chi connectivity index (χ0v) is 11.7. The number of rotatable bonds is 7. The summed E-state index contributed by atoms with van der Waals surface area (Å²) in [7, 11) is -1.95. The third kappa shape index (κ3) is 3.46. The van der Waals surface area contributed by atoms with Gasteiger partial charge in [-0.3, -0.25) is 0 Å². The molecule has 0 heterocycles. The molecule has 0 aromatic heterocycles. The highest BCUT2D eigenvalue weighted by molar-refractivity contribution is 7.89. The van der Waals surface area contributed by atoms with E-state index in [0.717, 1.165) is 12.8 Å². The standard InChI is InChI=1S/C13H19NO4S/c1-18-11-2-4-12(5-3-11)19(16,17)14-10-13(6-7-13)8-9-15/h2-5,14-15H,6-10H2,1H3. The fraction of sp³-hybridized carbons (Fsp3) is 0.538. The Kier molecular flexibility index (Phi) is 4.13. The van der Waals surface area contributed by atoms with Crippen LogP contribution in [0.25, 0.3) is 0 Å². The maximum Gasteiger partial charge on any atom is 0.240 e. The van der Waals surface area contributed by atoms with Crippen LogP contribution < -0.4 is 9.46 Å². The first kappa shape index (κ1) is 14.3. The van der Waals surface area contributed by atoms with Gasteiger partial charge in [0, 0.05) is 13.2 Å². The Hall–Kier alpha value is -1.11. The Morgan fingerprint density at radius 2 is 1.95 bits per heavy atom. The van der Waals surface area contributed by atoms with Crippen molar-refractivity contribution in [3.63, 3.8) is 0 Å². The summed E-state index contributed by atoms with van der Waals surface area (Å²) in [6, 6.07) is 6.28. The van der Waals surface area contributed by atoms with Gasteiger partial charge in [0.05, 0.1) is 12.0 Å². The summed E-state index contributed by atoms with van der Waals surface area (Å²) in [5.41, 5.74) is -0.0334. The molecule has 1 aliphatic carbocycles. The minimum absolute atomic E-state index is 0.0334. The molecule has 2 rings (SSSR count). The van der Waals surface area contributed by atoms with Gasteiger partial charge in [0.15, 0.2) is 0 Å². The molecule has 1 aliphatic rings. The number of ether oxygens (including phenoxy) is 1. The highest BCUT2D eigenvalue weighted by Crippen LogP contribution is 2.48. The Morgan fingerprint density at radius 1 is 1.32 bits per heavy atom. The zero-order chi connectivity index (χ0) is 13.9. The van der Waals surface area contributed by atoms with E-state index >= 15 is 0 Å². The van der Waals surface area contributed by atoms with Crippen LogP contribution in [0.2, 0.25) is 0 Å². The summed E-state index contributed by atoms with van der Waals surface area (Å²) >= 11 is 0. The van der Waals surface area contributed by atoms with Gasteiger partial charge in [-0.2, -0.15) is 0 Å². The Bertz CT molecular complexity index is 520. The van der Waals surface area contributed by atoms with E-state index in [-0.39, 0.29) is 16.9 Å². The lowest BCUT2D eigenvalue weighted by Crippen LogP contribution is -2.30. The van der Waals surface area contributed by atoms with E-state index < -0.39 is 10.0 Å². The highest BCUT2D eigenvalue weighted by atomic mass is 32.2. The van der Waals surface area contributed by atoms with Gasteiger partial charge in [0.2, 0.25) is 10.0 Å². The fourth-order valence-electron chi connectivity index (χ4n) is 2.02. The predicted molar refractivity (Wildman–Crippen MR) is 71.6 cm³/mol. The van der Waals surface area contributed by atoms with Crippen LogP contribution in [-0.4, -0.2) is 33.8 Å². The first-order valence-electron chi connectivity index (χ1n) is 6.26. The Morgan fingerprint density at radius 3 is 2.42 bits per heavy atom. The van der Waals surface area contributed by atoms with Gasteiger partial charge in [-0.25, -0.2) is 13.1 Å². The van der Waals surface area contributed by atoms with Gasteiger partial charge in [-0.15, -0.1) is 0 Å².